The summed E-state index contributed by atoms with van der Waals surface area (Å²) in [6, 6.07) is 0. The van der Waals surface area contributed by atoms with E-state index >= 15 is 0 Å². The summed E-state index contributed by atoms with van der Waals surface area (Å²) in [7, 11) is 1.50. The number of aldehydes is 1. The van der Waals surface area contributed by atoms with Crippen molar-refractivity contribution in [3.8, 4) is 0 Å². The molecule has 2 N–H and O–H groups in total. The zero-order valence-corrected chi connectivity index (χ0v) is 12.1. The monoisotopic (exact) mass is 354 g/mol. The Morgan fingerprint density at radius 1 is 1.23 bits per heavy atom. The molecule has 2 nitrogen and oxygen atoms in total. The van der Waals surface area contributed by atoms with E-state index in [2.05, 4.69) is 11.8 Å². The van der Waals surface area contributed by atoms with Gasteiger partial charge >= 0.3 is 0 Å². The third-order valence-corrected chi connectivity index (χ3v) is 0.749. The van der Waals surface area contributed by atoms with Crippen molar-refractivity contribution < 1.29 is 25.9 Å². The Morgan fingerprint density at radius 3 is 1.69 bits per heavy atom. The number of carbonyl (C=O) groups excluding carboxylic acids is 1. The smallest absolute Gasteiger partial charge is 0.0364 e. The van der Waals surface area contributed by atoms with Gasteiger partial charge in [-0.25, -0.2) is 0 Å². The van der Waals surface area contributed by atoms with Crippen LogP contribution in [0.4, 0.5) is 0 Å². The first-order valence-electron chi connectivity index (χ1n) is 4.08. The minimum absolute atomic E-state index is 0. The van der Waals surface area contributed by atoms with E-state index in [9.17, 15) is 4.79 Å². The molecule has 0 rings (SSSR count). The van der Waals surface area contributed by atoms with Crippen molar-refractivity contribution in [1.29, 1.82) is 0 Å². The predicted molar refractivity (Wildman–Crippen MR) is 54.8 cm³/mol. The Bertz CT molecular complexity index is 131. The summed E-state index contributed by atoms with van der Waals surface area (Å²) >= 11 is 0. The van der Waals surface area contributed by atoms with Crippen LogP contribution in [0.1, 0.15) is 27.7 Å². The normalized spacial score (nSPS) is 8.62. The van der Waals surface area contributed by atoms with Gasteiger partial charge in [0.05, 0.1) is 0 Å². The summed E-state index contributed by atoms with van der Waals surface area (Å²) in [6.07, 6.45) is 6.96. The van der Waals surface area contributed by atoms with Crippen LogP contribution in [0.5, 0.6) is 0 Å². The molecule has 0 saturated carbocycles. The third kappa shape index (κ3) is 24.5. The van der Waals surface area contributed by atoms with E-state index in [1.807, 2.05) is 20.8 Å². The quantitative estimate of drug-likeness (QED) is 0.357. The molecule has 0 heterocycles. The molecule has 0 aliphatic rings. The van der Waals surface area contributed by atoms with Gasteiger partial charge in [0.15, 0.2) is 0 Å². The van der Waals surface area contributed by atoms with E-state index < -0.39 is 0 Å². The van der Waals surface area contributed by atoms with Gasteiger partial charge in [-0.15, -0.1) is 6.08 Å². The zero-order valence-electron chi connectivity index (χ0n) is 9.13. The second-order valence-electron chi connectivity index (χ2n) is 1.29. The Hall–Kier alpha value is -0.202. The maximum atomic E-state index is 9.98. The van der Waals surface area contributed by atoms with Gasteiger partial charge in [0.1, 0.15) is 0 Å². The standard InChI is InChI=1S/C7H9O.C2H6.CH5N.W/c1-3-5-7(4-2)6-8;2*1-2;/h3-4,6H,1-2H3;1-2H3;2H2,1H3;/q-1;;;/b7-4+;;;. The van der Waals surface area contributed by atoms with Gasteiger partial charge < -0.3 is 10.5 Å². The number of carbonyl (C=O) groups is 1. The molecule has 78 valence electrons. The van der Waals surface area contributed by atoms with Gasteiger partial charge in [0.2, 0.25) is 0 Å². The summed E-state index contributed by atoms with van der Waals surface area (Å²) in [6.45, 7) is 7.63. The maximum Gasteiger partial charge on any atom is 0.0364 e. The molecule has 0 aromatic rings. The van der Waals surface area contributed by atoms with Crippen molar-refractivity contribution in [2.75, 3.05) is 7.05 Å². The van der Waals surface area contributed by atoms with Crippen molar-refractivity contribution in [2.45, 2.75) is 27.7 Å². The van der Waals surface area contributed by atoms with Crippen molar-refractivity contribution in [3.05, 3.63) is 23.8 Å². The molecular formula is C10H20NOW-. The van der Waals surface area contributed by atoms with Gasteiger partial charge in [-0.05, 0) is 7.05 Å². The fraction of sp³-hybridized carbons (Fsp3) is 0.500. The number of hydrogen-bond acceptors (Lipinski definition) is 2. The van der Waals surface area contributed by atoms with Crippen molar-refractivity contribution >= 4 is 6.29 Å². The Balaban J connectivity index is -0.0000000712. The summed E-state index contributed by atoms with van der Waals surface area (Å²) in [5.74, 6) is 0. The second kappa shape index (κ2) is 29.8. The van der Waals surface area contributed by atoms with Gasteiger partial charge in [-0.2, -0.15) is 17.7 Å². The van der Waals surface area contributed by atoms with Crippen LogP contribution in [0.15, 0.2) is 17.7 Å². The molecule has 0 saturated heterocycles. The maximum absolute atomic E-state index is 9.98. The largest absolute Gasteiger partial charge is 0.374 e. The summed E-state index contributed by atoms with van der Waals surface area (Å²) in [4.78, 5) is 9.98. The van der Waals surface area contributed by atoms with Crippen LogP contribution >= 0.6 is 0 Å². The summed E-state index contributed by atoms with van der Waals surface area (Å²) < 4.78 is 0. The molecule has 0 atom stereocenters. The average molecular weight is 354 g/mol. The number of hydrogen-bond donors (Lipinski definition) is 1. The van der Waals surface area contributed by atoms with E-state index in [1.165, 1.54) is 7.05 Å². The van der Waals surface area contributed by atoms with Crippen LogP contribution in [-0.2, 0) is 25.9 Å². The molecule has 0 bridgehead atoms. The molecule has 0 aliphatic heterocycles. The second-order valence-corrected chi connectivity index (χ2v) is 1.29. The van der Waals surface area contributed by atoms with Crippen LogP contribution in [0.25, 0.3) is 0 Å². The van der Waals surface area contributed by atoms with Crippen molar-refractivity contribution in [3.63, 3.8) is 0 Å². The molecule has 0 unspecified atom stereocenters. The van der Waals surface area contributed by atoms with Crippen molar-refractivity contribution in [1.82, 2.24) is 0 Å². The van der Waals surface area contributed by atoms with E-state index in [-0.39, 0.29) is 21.1 Å². The first-order valence-corrected chi connectivity index (χ1v) is 4.08. The van der Waals surface area contributed by atoms with Gasteiger partial charge in [-0.3, -0.25) is 0 Å². The predicted octanol–water partition coefficient (Wildman–Crippen LogP) is 2.11. The van der Waals surface area contributed by atoms with E-state index in [1.54, 1.807) is 19.1 Å². The molecule has 0 fully saturated rings. The SMILES string of the molecule is CC.CC=[C-]/C(C=O)=C\C.CN.[W]. The van der Waals surface area contributed by atoms with Crippen LogP contribution in [0, 0.1) is 6.08 Å². The zero-order chi connectivity index (χ0) is 10.4. The average Bonchev–Trinajstić information content (AvgIpc) is 2.20. The van der Waals surface area contributed by atoms with Gasteiger partial charge in [-0.1, -0.05) is 27.7 Å². The first-order chi connectivity index (χ1) is 5.85. The number of nitrogens with two attached hydrogens (primary N) is 1. The third-order valence-electron chi connectivity index (χ3n) is 0.749. The van der Waals surface area contributed by atoms with Gasteiger partial charge in [0, 0.05) is 27.4 Å². The topological polar surface area (TPSA) is 43.1 Å². The fourth-order valence-electron chi connectivity index (χ4n) is 0.352. The van der Waals surface area contributed by atoms with E-state index in [0.717, 1.165) is 6.29 Å². The first kappa shape index (κ1) is 23.0. The summed E-state index contributed by atoms with van der Waals surface area (Å²) in [5.41, 5.74) is 5.10. The molecule has 0 aromatic heterocycles. The Labute approximate surface area is 96.5 Å². The molecule has 0 aromatic carbocycles. The molecular weight excluding hydrogens is 334 g/mol. The number of allylic oxidation sites excluding steroid dienone is 4. The Kier molecular flexibility index (Phi) is 52.7. The summed E-state index contributed by atoms with van der Waals surface area (Å²) in [5, 5.41) is 0. The molecule has 0 aliphatic carbocycles. The fourth-order valence-corrected chi connectivity index (χ4v) is 0.352. The minimum Gasteiger partial charge on any atom is -0.374 e. The van der Waals surface area contributed by atoms with Crippen LogP contribution in [0.3, 0.4) is 0 Å². The van der Waals surface area contributed by atoms with Crippen LogP contribution in [-0.4, -0.2) is 13.3 Å². The minimum atomic E-state index is 0. The molecule has 0 radical (unpaired) electrons. The van der Waals surface area contributed by atoms with Crippen LogP contribution < -0.4 is 5.73 Å². The number of rotatable bonds is 2. The molecule has 13 heavy (non-hydrogen) atoms. The van der Waals surface area contributed by atoms with Crippen molar-refractivity contribution in [2.24, 2.45) is 5.73 Å². The van der Waals surface area contributed by atoms with E-state index in [0.29, 0.717) is 5.57 Å². The Morgan fingerprint density at radius 2 is 1.62 bits per heavy atom. The van der Waals surface area contributed by atoms with Gasteiger partial charge in [0.25, 0.3) is 0 Å². The van der Waals surface area contributed by atoms with Crippen LogP contribution in [0.2, 0.25) is 0 Å². The van der Waals surface area contributed by atoms with E-state index in [4.69, 9.17) is 0 Å². The molecule has 0 amide bonds. The molecule has 3 heteroatoms. The molecule has 0 spiro atoms.